The lowest BCUT2D eigenvalue weighted by Gasteiger charge is -2.39. The molecular weight excluding hydrogens is 425 g/mol. The highest BCUT2D eigenvalue weighted by Crippen LogP contribution is 2.33. The third kappa shape index (κ3) is 5.42. The summed E-state index contributed by atoms with van der Waals surface area (Å²) in [4.78, 5) is 15.9. The molecule has 2 atom stereocenters. The number of nitrogens with two attached hydrogens (primary N) is 1. The van der Waals surface area contributed by atoms with Crippen molar-refractivity contribution in [2.24, 2.45) is 11.7 Å². The van der Waals surface area contributed by atoms with Crippen LogP contribution in [0, 0.1) is 5.92 Å². The Kier molecular flexibility index (Phi) is 7.68. The molecule has 0 radical (unpaired) electrons. The number of carboxylic acids is 1. The molecule has 0 aliphatic carbocycles. The fourth-order valence-electron chi connectivity index (χ4n) is 4.11. The fraction of sp³-hybridized carbons (Fsp3) is 0.667. The quantitative estimate of drug-likeness (QED) is 0.240. The molecule has 3 rings (SSSR count). The lowest BCUT2D eigenvalue weighted by Crippen LogP contribution is -2.62. The summed E-state index contributed by atoms with van der Waals surface area (Å²) >= 11 is 0. The van der Waals surface area contributed by atoms with Crippen LogP contribution in [0.15, 0.2) is 24.5 Å². The number of pyridine rings is 1. The van der Waals surface area contributed by atoms with E-state index in [1.807, 2.05) is 12.1 Å². The summed E-state index contributed by atoms with van der Waals surface area (Å²) < 4.78 is 29.6. The van der Waals surface area contributed by atoms with Gasteiger partial charge in [0.25, 0.3) is 10.2 Å². The molecule has 0 amide bonds. The lowest BCUT2D eigenvalue weighted by atomic mass is 9.78. The first kappa shape index (κ1) is 24.0. The SMILES string of the molecule is N[C@@]1(C(=O)O)CN(S(=O)(=O)N(CCc2ccncc2)C2CNC2)C[C@@H]1CCCB(O)O. The van der Waals surface area contributed by atoms with E-state index in [-0.39, 0.29) is 38.4 Å². The molecule has 2 saturated heterocycles. The van der Waals surface area contributed by atoms with Gasteiger partial charge in [-0.2, -0.15) is 17.0 Å². The largest absolute Gasteiger partial charge is 0.480 e. The molecular formula is C18H30BN5O6S. The Morgan fingerprint density at radius 2 is 2.03 bits per heavy atom. The van der Waals surface area contributed by atoms with Gasteiger partial charge in [0.05, 0.1) is 6.04 Å². The highest BCUT2D eigenvalue weighted by Gasteiger charge is 2.54. The summed E-state index contributed by atoms with van der Waals surface area (Å²) in [6, 6.07) is 3.47. The molecule has 0 aromatic carbocycles. The van der Waals surface area contributed by atoms with Gasteiger partial charge in [-0.25, -0.2) is 0 Å². The Morgan fingerprint density at radius 3 is 2.58 bits per heavy atom. The molecule has 2 aliphatic heterocycles. The minimum atomic E-state index is -3.94. The van der Waals surface area contributed by atoms with E-state index in [4.69, 9.17) is 15.8 Å². The van der Waals surface area contributed by atoms with Crippen molar-refractivity contribution < 1.29 is 28.4 Å². The number of nitrogens with one attached hydrogen (secondary N) is 1. The van der Waals surface area contributed by atoms with Crippen LogP contribution in [0.25, 0.3) is 0 Å². The molecule has 3 heterocycles. The summed E-state index contributed by atoms with van der Waals surface area (Å²) in [7, 11) is -5.43. The van der Waals surface area contributed by atoms with Crippen LogP contribution in [0.3, 0.4) is 0 Å². The minimum absolute atomic E-state index is 0.0153. The summed E-state index contributed by atoms with van der Waals surface area (Å²) in [6.07, 6.45) is 4.52. The first-order chi connectivity index (χ1) is 14.6. The molecule has 0 bridgehead atoms. The molecule has 2 fully saturated rings. The average molecular weight is 455 g/mol. The van der Waals surface area contributed by atoms with Gasteiger partial charge in [-0.15, -0.1) is 0 Å². The first-order valence-electron chi connectivity index (χ1n) is 10.4. The minimum Gasteiger partial charge on any atom is -0.480 e. The van der Waals surface area contributed by atoms with E-state index in [0.29, 0.717) is 25.9 Å². The van der Waals surface area contributed by atoms with Gasteiger partial charge in [0.1, 0.15) is 5.54 Å². The molecule has 0 saturated carbocycles. The van der Waals surface area contributed by atoms with Crippen molar-refractivity contribution in [3.05, 3.63) is 30.1 Å². The molecule has 1 aromatic heterocycles. The van der Waals surface area contributed by atoms with Crippen molar-refractivity contribution in [1.82, 2.24) is 18.9 Å². The normalized spacial score (nSPS) is 25.0. The van der Waals surface area contributed by atoms with E-state index in [0.717, 1.165) is 5.56 Å². The second kappa shape index (κ2) is 9.90. The Morgan fingerprint density at radius 1 is 1.35 bits per heavy atom. The summed E-state index contributed by atoms with van der Waals surface area (Å²) in [5.74, 6) is -1.88. The molecule has 172 valence electrons. The van der Waals surface area contributed by atoms with Crippen molar-refractivity contribution in [3.8, 4) is 0 Å². The average Bonchev–Trinajstić information content (AvgIpc) is 3.03. The zero-order valence-corrected chi connectivity index (χ0v) is 18.1. The van der Waals surface area contributed by atoms with Gasteiger partial charge in [0.2, 0.25) is 0 Å². The van der Waals surface area contributed by atoms with Crippen molar-refractivity contribution in [2.45, 2.75) is 37.2 Å². The van der Waals surface area contributed by atoms with Crippen LogP contribution >= 0.6 is 0 Å². The zero-order chi connectivity index (χ0) is 22.6. The number of rotatable bonds is 11. The van der Waals surface area contributed by atoms with E-state index < -0.39 is 34.8 Å². The number of aliphatic carboxylic acids is 1. The van der Waals surface area contributed by atoms with Crippen LogP contribution < -0.4 is 11.1 Å². The Bertz CT molecular complexity index is 856. The van der Waals surface area contributed by atoms with E-state index in [1.54, 1.807) is 12.4 Å². The van der Waals surface area contributed by atoms with Gasteiger partial charge in [-0.3, -0.25) is 9.78 Å². The highest BCUT2D eigenvalue weighted by atomic mass is 32.2. The van der Waals surface area contributed by atoms with E-state index in [9.17, 15) is 18.3 Å². The third-order valence-electron chi connectivity index (χ3n) is 6.16. The van der Waals surface area contributed by atoms with Gasteiger partial charge in [-0.1, -0.05) is 6.42 Å². The van der Waals surface area contributed by atoms with E-state index >= 15 is 0 Å². The molecule has 2 aliphatic rings. The smallest absolute Gasteiger partial charge is 0.451 e. The number of carbonyl (C=O) groups is 1. The standard InChI is InChI=1S/C18H30BN5O6S/c20-18(17(25)26)13-23(12-15(18)2-1-6-19(27)28)31(29,30)24(16-10-22-11-16)9-5-14-3-7-21-8-4-14/h3-4,7-8,15-16,22,27-28H,1-2,5-6,9-13,20H2,(H,25,26)/t15-,18-/m0/s1. The third-order valence-corrected chi connectivity index (χ3v) is 8.17. The van der Waals surface area contributed by atoms with E-state index in [2.05, 4.69) is 10.3 Å². The van der Waals surface area contributed by atoms with Crippen LogP contribution in [0.4, 0.5) is 0 Å². The van der Waals surface area contributed by atoms with Crippen LogP contribution in [0.2, 0.25) is 6.32 Å². The summed E-state index contributed by atoms with van der Waals surface area (Å²) in [5.41, 5.74) is 5.41. The van der Waals surface area contributed by atoms with Crippen molar-refractivity contribution in [1.29, 1.82) is 0 Å². The van der Waals surface area contributed by atoms with Gasteiger partial charge in [-0.05, 0) is 36.9 Å². The molecule has 6 N–H and O–H groups in total. The van der Waals surface area contributed by atoms with Crippen LogP contribution in [-0.4, -0.2) is 94.6 Å². The Balaban J connectivity index is 1.76. The van der Waals surface area contributed by atoms with Crippen molar-refractivity contribution in [2.75, 3.05) is 32.7 Å². The predicted octanol–water partition coefficient (Wildman–Crippen LogP) is -1.89. The number of aromatic nitrogens is 1. The molecule has 0 unspecified atom stereocenters. The van der Waals surface area contributed by atoms with Gasteiger partial charge >= 0.3 is 13.1 Å². The summed E-state index contributed by atoms with van der Waals surface area (Å²) in [5, 5.41) is 30.9. The number of hydrogen-bond acceptors (Lipinski definition) is 8. The number of carboxylic acid groups (broad SMARTS) is 1. The van der Waals surface area contributed by atoms with E-state index in [1.165, 1.54) is 8.61 Å². The van der Waals surface area contributed by atoms with Gasteiger partial charge in [0.15, 0.2) is 0 Å². The second-order valence-electron chi connectivity index (χ2n) is 8.28. The molecule has 0 spiro atoms. The molecule has 11 nitrogen and oxygen atoms in total. The maximum Gasteiger partial charge on any atom is 0.451 e. The van der Waals surface area contributed by atoms with Gasteiger partial charge < -0.3 is 26.2 Å². The van der Waals surface area contributed by atoms with Crippen molar-refractivity contribution in [3.63, 3.8) is 0 Å². The second-order valence-corrected chi connectivity index (χ2v) is 10.2. The number of nitrogens with zero attached hydrogens (tertiary/aromatic N) is 3. The molecule has 31 heavy (non-hydrogen) atoms. The maximum absolute atomic E-state index is 13.5. The number of hydrogen-bond donors (Lipinski definition) is 5. The van der Waals surface area contributed by atoms with Crippen LogP contribution in [-0.2, 0) is 21.4 Å². The maximum atomic E-state index is 13.5. The Labute approximate surface area is 182 Å². The fourth-order valence-corrected chi connectivity index (χ4v) is 6.00. The molecule has 1 aromatic rings. The topological polar surface area (TPSA) is 169 Å². The summed E-state index contributed by atoms with van der Waals surface area (Å²) in [6.45, 7) is 1.00. The predicted molar refractivity (Wildman–Crippen MR) is 114 cm³/mol. The van der Waals surface area contributed by atoms with Crippen LogP contribution in [0.1, 0.15) is 18.4 Å². The lowest BCUT2D eigenvalue weighted by molar-refractivity contribution is -0.144. The van der Waals surface area contributed by atoms with Gasteiger partial charge in [0, 0.05) is 51.0 Å². The van der Waals surface area contributed by atoms with Crippen molar-refractivity contribution >= 4 is 23.3 Å². The zero-order valence-electron chi connectivity index (χ0n) is 17.3. The first-order valence-corrected chi connectivity index (χ1v) is 11.8. The Hall–Kier alpha value is -1.61. The van der Waals surface area contributed by atoms with Crippen LogP contribution in [0.5, 0.6) is 0 Å². The monoisotopic (exact) mass is 455 g/mol. The highest BCUT2D eigenvalue weighted by molar-refractivity contribution is 7.86. The molecule has 13 heteroatoms.